The Morgan fingerprint density at radius 3 is 2.40 bits per heavy atom. The number of amides is 1. The van der Waals surface area contributed by atoms with Crippen molar-refractivity contribution in [1.29, 1.82) is 0 Å². The van der Waals surface area contributed by atoms with Crippen molar-refractivity contribution in [2.45, 2.75) is 44.1 Å². The summed E-state index contributed by atoms with van der Waals surface area (Å²) in [5, 5.41) is 11.7. The van der Waals surface area contributed by atoms with Gasteiger partial charge in [0.05, 0.1) is 6.42 Å². The highest BCUT2D eigenvalue weighted by Gasteiger charge is 2.40. The van der Waals surface area contributed by atoms with Crippen LogP contribution in [-0.4, -0.2) is 22.5 Å². The summed E-state index contributed by atoms with van der Waals surface area (Å²) < 4.78 is 0. The highest BCUT2D eigenvalue weighted by atomic mass is 16.4. The maximum absolute atomic E-state index is 11.3. The Labute approximate surface area is 89.0 Å². The summed E-state index contributed by atoms with van der Waals surface area (Å²) >= 11 is 0. The van der Waals surface area contributed by atoms with Crippen LogP contribution in [0.5, 0.6) is 0 Å². The van der Waals surface area contributed by atoms with Crippen LogP contribution in [0.3, 0.4) is 0 Å². The molecule has 0 spiro atoms. The molecule has 0 aromatic heterocycles. The summed E-state index contributed by atoms with van der Waals surface area (Å²) in [6, 6.07) is 0. The molecule has 15 heavy (non-hydrogen) atoms. The molecule has 82 valence electrons. The minimum atomic E-state index is -1.08. The molecule has 4 nitrogen and oxygen atoms in total. The van der Waals surface area contributed by atoms with Crippen LogP contribution in [0.2, 0.25) is 0 Å². The van der Waals surface area contributed by atoms with Crippen molar-refractivity contribution in [2.24, 2.45) is 0 Å². The second-order valence-electron chi connectivity index (χ2n) is 3.88. The summed E-state index contributed by atoms with van der Waals surface area (Å²) in [5.41, 5.74) is -1.08. The van der Waals surface area contributed by atoms with Gasteiger partial charge in [0.25, 0.3) is 0 Å². The van der Waals surface area contributed by atoms with Crippen molar-refractivity contribution < 1.29 is 14.7 Å². The van der Waals surface area contributed by atoms with Gasteiger partial charge in [-0.15, -0.1) is 6.42 Å². The van der Waals surface area contributed by atoms with Crippen LogP contribution >= 0.6 is 0 Å². The minimum Gasteiger partial charge on any atom is -0.480 e. The first-order chi connectivity index (χ1) is 7.10. The number of terminal acetylenes is 1. The molecule has 2 N–H and O–H groups in total. The Morgan fingerprint density at radius 2 is 1.93 bits per heavy atom. The number of aliphatic carboxylic acids is 1. The van der Waals surface area contributed by atoms with Crippen LogP contribution in [0.25, 0.3) is 0 Å². The first-order valence-electron chi connectivity index (χ1n) is 5.08. The molecule has 0 heterocycles. The van der Waals surface area contributed by atoms with E-state index in [2.05, 4.69) is 11.2 Å². The van der Waals surface area contributed by atoms with E-state index in [1.54, 1.807) is 0 Å². The van der Waals surface area contributed by atoms with Gasteiger partial charge in [-0.1, -0.05) is 25.2 Å². The maximum Gasteiger partial charge on any atom is 0.329 e. The smallest absolute Gasteiger partial charge is 0.329 e. The van der Waals surface area contributed by atoms with Crippen molar-refractivity contribution >= 4 is 11.9 Å². The van der Waals surface area contributed by atoms with Crippen molar-refractivity contribution in [3.05, 3.63) is 0 Å². The van der Waals surface area contributed by atoms with E-state index in [0.717, 1.165) is 19.3 Å². The van der Waals surface area contributed by atoms with Gasteiger partial charge in [0.1, 0.15) is 5.54 Å². The fourth-order valence-electron chi connectivity index (χ4n) is 1.95. The predicted octanol–water partition coefficient (Wildman–Crippen LogP) is 0.913. The van der Waals surface area contributed by atoms with Gasteiger partial charge in [0.2, 0.25) is 5.91 Å². The van der Waals surface area contributed by atoms with Gasteiger partial charge in [0, 0.05) is 0 Å². The van der Waals surface area contributed by atoms with E-state index in [1.165, 1.54) is 0 Å². The zero-order valence-electron chi connectivity index (χ0n) is 8.58. The van der Waals surface area contributed by atoms with Gasteiger partial charge in [-0.05, 0) is 12.8 Å². The lowest BCUT2D eigenvalue weighted by Gasteiger charge is -2.33. The third-order valence-corrected chi connectivity index (χ3v) is 2.76. The normalized spacial score (nSPS) is 18.9. The summed E-state index contributed by atoms with van der Waals surface area (Å²) in [4.78, 5) is 22.5. The van der Waals surface area contributed by atoms with Crippen molar-refractivity contribution in [1.82, 2.24) is 5.32 Å². The van der Waals surface area contributed by atoms with E-state index in [4.69, 9.17) is 11.5 Å². The topological polar surface area (TPSA) is 66.4 Å². The molecule has 0 aromatic rings. The first-order valence-corrected chi connectivity index (χ1v) is 5.08. The van der Waals surface area contributed by atoms with Gasteiger partial charge in [-0.2, -0.15) is 0 Å². The van der Waals surface area contributed by atoms with Gasteiger partial charge in [0.15, 0.2) is 0 Å². The molecule has 1 fully saturated rings. The van der Waals surface area contributed by atoms with Gasteiger partial charge >= 0.3 is 5.97 Å². The van der Waals surface area contributed by atoms with Crippen LogP contribution < -0.4 is 5.32 Å². The fourth-order valence-corrected chi connectivity index (χ4v) is 1.95. The average Bonchev–Trinajstić information content (AvgIpc) is 2.19. The van der Waals surface area contributed by atoms with Gasteiger partial charge in [-0.3, -0.25) is 4.79 Å². The highest BCUT2D eigenvalue weighted by Crippen LogP contribution is 2.28. The number of hydrogen-bond donors (Lipinski definition) is 2. The molecule has 1 saturated carbocycles. The zero-order valence-corrected chi connectivity index (χ0v) is 8.58. The molecule has 4 heteroatoms. The fraction of sp³-hybridized carbons (Fsp3) is 0.636. The monoisotopic (exact) mass is 209 g/mol. The molecular weight excluding hydrogens is 194 g/mol. The molecule has 0 saturated heterocycles. The summed E-state index contributed by atoms with van der Waals surface area (Å²) in [7, 11) is 0. The Balaban J connectivity index is 2.69. The molecule has 1 aliphatic rings. The predicted molar refractivity (Wildman–Crippen MR) is 55.0 cm³/mol. The Hall–Kier alpha value is -1.50. The molecule has 0 unspecified atom stereocenters. The molecule has 1 rings (SSSR count). The number of carbonyl (C=O) groups is 2. The maximum atomic E-state index is 11.3. The quantitative estimate of drug-likeness (QED) is 0.679. The summed E-state index contributed by atoms with van der Waals surface area (Å²) in [6.07, 6.45) is 8.63. The molecule has 0 bridgehead atoms. The number of carboxylic acids is 1. The lowest BCUT2D eigenvalue weighted by atomic mass is 9.81. The number of hydrogen-bond acceptors (Lipinski definition) is 2. The van der Waals surface area contributed by atoms with Crippen molar-refractivity contribution in [2.75, 3.05) is 0 Å². The van der Waals surface area contributed by atoms with E-state index in [-0.39, 0.29) is 12.3 Å². The summed E-state index contributed by atoms with van der Waals surface area (Å²) in [6.45, 7) is 0. The molecule has 0 aromatic carbocycles. The second kappa shape index (κ2) is 4.83. The number of carboxylic acid groups (broad SMARTS) is 1. The van der Waals surface area contributed by atoms with Gasteiger partial charge < -0.3 is 10.4 Å². The number of nitrogens with one attached hydrogen (secondary N) is 1. The van der Waals surface area contributed by atoms with Crippen LogP contribution in [0, 0.1) is 12.3 Å². The molecular formula is C11H15NO3. The lowest BCUT2D eigenvalue weighted by Crippen LogP contribution is -2.55. The van der Waals surface area contributed by atoms with E-state index in [1.807, 2.05) is 0 Å². The van der Waals surface area contributed by atoms with E-state index in [9.17, 15) is 9.59 Å². The van der Waals surface area contributed by atoms with Crippen molar-refractivity contribution in [3.63, 3.8) is 0 Å². The van der Waals surface area contributed by atoms with E-state index in [0.29, 0.717) is 12.8 Å². The number of rotatable bonds is 3. The lowest BCUT2D eigenvalue weighted by molar-refractivity contribution is -0.149. The Bertz CT molecular complexity index is 297. The second-order valence-corrected chi connectivity index (χ2v) is 3.88. The van der Waals surface area contributed by atoms with Crippen LogP contribution in [-0.2, 0) is 9.59 Å². The summed E-state index contributed by atoms with van der Waals surface area (Å²) in [5.74, 6) is 0.884. The SMILES string of the molecule is C#CCC(=O)NC1(C(=O)O)CCCCC1. The molecule has 0 radical (unpaired) electrons. The number of carbonyl (C=O) groups excluding carboxylic acids is 1. The zero-order chi connectivity index (χ0) is 11.3. The van der Waals surface area contributed by atoms with Crippen LogP contribution in [0.1, 0.15) is 38.5 Å². The third kappa shape index (κ3) is 2.72. The highest BCUT2D eigenvalue weighted by molar-refractivity contribution is 5.88. The molecule has 0 atom stereocenters. The van der Waals surface area contributed by atoms with Crippen LogP contribution in [0.15, 0.2) is 0 Å². The standard InChI is InChI=1S/C11H15NO3/c1-2-6-9(13)12-11(10(14)15)7-4-3-5-8-11/h1H,3-8H2,(H,12,13)(H,14,15). The average molecular weight is 209 g/mol. The first kappa shape index (κ1) is 11.6. The van der Waals surface area contributed by atoms with E-state index < -0.39 is 11.5 Å². The largest absolute Gasteiger partial charge is 0.480 e. The molecule has 1 aliphatic carbocycles. The molecule has 1 amide bonds. The Kier molecular flexibility index (Phi) is 3.73. The van der Waals surface area contributed by atoms with E-state index >= 15 is 0 Å². The minimum absolute atomic E-state index is 0.0605. The third-order valence-electron chi connectivity index (χ3n) is 2.76. The van der Waals surface area contributed by atoms with Gasteiger partial charge in [-0.25, -0.2) is 4.79 Å². The van der Waals surface area contributed by atoms with Crippen molar-refractivity contribution in [3.8, 4) is 12.3 Å². The Morgan fingerprint density at radius 1 is 1.33 bits per heavy atom. The van der Waals surface area contributed by atoms with Crippen LogP contribution in [0.4, 0.5) is 0 Å². The molecule has 0 aliphatic heterocycles.